The minimum atomic E-state index is -0.0901. The van der Waals surface area contributed by atoms with Crippen LogP contribution in [-0.4, -0.2) is 17.3 Å². The third kappa shape index (κ3) is 6.90. The molecule has 0 bridgehead atoms. The Labute approximate surface area is 212 Å². The highest BCUT2D eigenvalue weighted by atomic mass is 16.1. The van der Waals surface area contributed by atoms with E-state index in [1.165, 1.54) is 42.0 Å². The molecule has 0 radical (unpaired) electrons. The van der Waals surface area contributed by atoms with Crippen molar-refractivity contribution < 1.29 is 14.4 Å². The molecule has 0 saturated heterocycles. The highest BCUT2D eigenvalue weighted by molar-refractivity contribution is 6.01. The fourth-order valence-electron chi connectivity index (χ4n) is 6.42. The van der Waals surface area contributed by atoms with Crippen molar-refractivity contribution in [3.05, 3.63) is 51.6 Å². The van der Waals surface area contributed by atoms with Gasteiger partial charge in [0.25, 0.3) is 0 Å². The molecular formula is C32H44O3. The van der Waals surface area contributed by atoms with Crippen LogP contribution in [0.2, 0.25) is 0 Å². The fraction of sp³-hybridized carbons (Fsp3) is 0.594. The summed E-state index contributed by atoms with van der Waals surface area (Å²) in [6, 6.07) is 4.28. The second-order valence-electron chi connectivity index (χ2n) is 11.0. The molecule has 35 heavy (non-hydrogen) atoms. The number of carbonyl (C=O) groups is 3. The van der Waals surface area contributed by atoms with Gasteiger partial charge in [0.05, 0.1) is 6.42 Å². The van der Waals surface area contributed by atoms with Crippen molar-refractivity contribution in [3.8, 4) is 0 Å². The van der Waals surface area contributed by atoms with Crippen LogP contribution in [0, 0.1) is 24.7 Å². The van der Waals surface area contributed by atoms with Gasteiger partial charge in [0, 0.05) is 17.9 Å². The molecule has 0 aliphatic heterocycles. The third-order valence-corrected chi connectivity index (χ3v) is 8.11. The lowest BCUT2D eigenvalue weighted by atomic mass is 9.71. The SMILES string of the molecule is CCCC(CC1CC(=O)c2c(C)ccc(C=C(C)C3=CCCCC3)c2C1)C(CC)C(=O)CC(C)=O. The van der Waals surface area contributed by atoms with Gasteiger partial charge in [0.15, 0.2) is 5.78 Å². The van der Waals surface area contributed by atoms with E-state index in [1.54, 1.807) is 0 Å². The van der Waals surface area contributed by atoms with Crippen molar-refractivity contribution >= 4 is 23.4 Å². The van der Waals surface area contributed by atoms with E-state index >= 15 is 0 Å². The van der Waals surface area contributed by atoms with Crippen LogP contribution in [0.5, 0.6) is 0 Å². The molecule has 0 N–H and O–H groups in total. The van der Waals surface area contributed by atoms with Crippen LogP contribution in [0.25, 0.3) is 6.08 Å². The highest BCUT2D eigenvalue weighted by Crippen LogP contribution is 2.38. The van der Waals surface area contributed by atoms with Gasteiger partial charge in [-0.1, -0.05) is 51.0 Å². The molecule has 0 spiro atoms. The summed E-state index contributed by atoms with van der Waals surface area (Å²) in [4.78, 5) is 37.9. The largest absolute Gasteiger partial charge is 0.300 e. The topological polar surface area (TPSA) is 51.2 Å². The number of benzene rings is 1. The van der Waals surface area contributed by atoms with E-state index in [9.17, 15) is 14.4 Å². The number of allylic oxidation sites excluding steroid dienone is 3. The Balaban J connectivity index is 1.88. The normalized spacial score (nSPS) is 20.1. The Morgan fingerprint density at radius 1 is 1.11 bits per heavy atom. The second-order valence-corrected chi connectivity index (χ2v) is 11.0. The van der Waals surface area contributed by atoms with Gasteiger partial charge < -0.3 is 0 Å². The Morgan fingerprint density at radius 2 is 1.89 bits per heavy atom. The predicted octanol–water partition coefficient (Wildman–Crippen LogP) is 8.02. The van der Waals surface area contributed by atoms with Crippen LogP contribution >= 0.6 is 0 Å². The average Bonchev–Trinajstić information content (AvgIpc) is 2.81. The molecule has 3 unspecified atom stereocenters. The number of rotatable bonds is 11. The summed E-state index contributed by atoms with van der Waals surface area (Å²) < 4.78 is 0. The molecule has 0 aromatic heterocycles. The second kappa shape index (κ2) is 12.6. The van der Waals surface area contributed by atoms with Crippen molar-refractivity contribution in [3.63, 3.8) is 0 Å². The molecule has 3 nitrogen and oxygen atoms in total. The number of aryl methyl sites for hydroxylation is 1. The lowest BCUT2D eigenvalue weighted by molar-refractivity contribution is -0.129. The van der Waals surface area contributed by atoms with E-state index in [2.05, 4.69) is 52.0 Å². The zero-order valence-corrected chi connectivity index (χ0v) is 22.5. The van der Waals surface area contributed by atoms with Gasteiger partial charge >= 0.3 is 0 Å². The summed E-state index contributed by atoms with van der Waals surface area (Å²) in [5.74, 6) is 0.658. The van der Waals surface area contributed by atoms with Crippen molar-refractivity contribution in [1.82, 2.24) is 0 Å². The maximum absolute atomic E-state index is 13.4. The van der Waals surface area contributed by atoms with Crippen molar-refractivity contribution in [1.29, 1.82) is 0 Å². The number of ketones is 3. The molecule has 190 valence electrons. The predicted molar refractivity (Wildman–Crippen MR) is 145 cm³/mol. The maximum atomic E-state index is 13.4. The van der Waals surface area contributed by atoms with Gasteiger partial charge in [-0.25, -0.2) is 0 Å². The highest BCUT2D eigenvalue weighted by Gasteiger charge is 2.33. The van der Waals surface area contributed by atoms with E-state index in [-0.39, 0.29) is 41.5 Å². The van der Waals surface area contributed by atoms with E-state index in [4.69, 9.17) is 0 Å². The van der Waals surface area contributed by atoms with Crippen LogP contribution in [0.15, 0.2) is 29.4 Å². The van der Waals surface area contributed by atoms with E-state index < -0.39 is 0 Å². The summed E-state index contributed by atoms with van der Waals surface area (Å²) in [6.45, 7) is 9.97. The first kappa shape index (κ1) is 27.3. The van der Waals surface area contributed by atoms with Crippen LogP contribution in [-0.2, 0) is 16.0 Å². The summed E-state index contributed by atoms with van der Waals surface area (Å²) in [7, 11) is 0. The molecular weight excluding hydrogens is 432 g/mol. The lowest BCUT2D eigenvalue weighted by Crippen LogP contribution is -2.30. The van der Waals surface area contributed by atoms with Crippen LogP contribution < -0.4 is 0 Å². The molecule has 0 amide bonds. The van der Waals surface area contributed by atoms with E-state index in [0.717, 1.165) is 56.1 Å². The fourth-order valence-corrected chi connectivity index (χ4v) is 6.42. The number of Topliss-reactive ketones (excluding diaryl/α,β-unsaturated/α-hetero) is 3. The van der Waals surface area contributed by atoms with Crippen molar-refractivity contribution in [2.75, 3.05) is 0 Å². The smallest absolute Gasteiger partial charge is 0.163 e. The molecule has 1 aromatic rings. The first-order valence-electron chi connectivity index (χ1n) is 13.8. The number of hydrogen-bond acceptors (Lipinski definition) is 3. The summed E-state index contributed by atoms with van der Waals surface area (Å²) in [5, 5.41) is 0. The van der Waals surface area contributed by atoms with Gasteiger partial charge in [0.2, 0.25) is 0 Å². The summed E-state index contributed by atoms with van der Waals surface area (Å²) >= 11 is 0. The minimum Gasteiger partial charge on any atom is -0.300 e. The maximum Gasteiger partial charge on any atom is 0.163 e. The Hall–Kier alpha value is -2.29. The zero-order valence-electron chi connectivity index (χ0n) is 22.5. The van der Waals surface area contributed by atoms with Crippen molar-refractivity contribution in [2.24, 2.45) is 17.8 Å². The molecule has 3 rings (SSSR count). The third-order valence-electron chi connectivity index (χ3n) is 8.11. The molecule has 3 atom stereocenters. The minimum absolute atomic E-state index is 0.0361. The molecule has 2 aliphatic carbocycles. The van der Waals surface area contributed by atoms with Gasteiger partial charge in [-0.2, -0.15) is 0 Å². The van der Waals surface area contributed by atoms with E-state index in [1.807, 2.05) is 0 Å². The van der Waals surface area contributed by atoms with Gasteiger partial charge in [-0.15, -0.1) is 0 Å². The molecule has 2 aliphatic rings. The van der Waals surface area contributed by atoms with Gasteiger partial charge in [-0.3, -0.25) is 14.4 Å². The average molecular weight is 477 g/mol. The van der Waals surface area contributed by atoms with E-state index in [0.29, 0.717) is 6.42 Å². The molecule has 3 heteroatoms. The summed E-state index contributed by atoms with van der Waals surface area (Å²) in [5.41, 5.74) is 7.13. The Bertz CT molecular complexity index is 1010. The van der Waals surface area contributed by atoms with Crippen LogP contribution in [0.1, 0.15) is 119 Å². The lowest BCUT2D eigenvalue weighted by Gasteiger charge is -2.32. The van der Waals surface area contributed by atoms with Crippen LogP contribution in [0.4, 0.5) is 0 Å². The number of fused-ring (bicyclic) bond motifs is 1. The van der Waals surface area contributed by atoms with Gasteiger partial charge in [0.1, 0.15) is 11.6 Å². The van der Waals surface area contributed by atoms with Crippen molar-refractivity contribution in [2.45, 2.75) is 105 Å². The molecule has 0 heterocycles. The molecule has 1 aromatic carbocycles. The number of hydrogen-bond donors (Lipinski definition) is 0. The Kier molecular flexibility index (Phi) is 9.83. The van der Waals surface area contributed by atoms with Gasteiger partial charge in [-0.05, 0) is 105 Å². The standard InChI is InChI=1S/C32H44O3/c1-6-11-26(28(7-2)30(34)17-23(5)33)18-24-19-29-27(15-14-21(3)32(29)31(35)20-24)16-22(4)25-12-9-8-10-13-25/h12,14-16,24,26,28H,6-11,13,17-20H2,1-5H3. The molecule has 0 fully saturated rings. The zero-order chi connectivity index (χ0) is 25.5. The summed E-state index contributed by atoms with van der Waals surface area (Å²) in [6.07, 6.45) is 14.6. The van der Waals surface area contributed by atoms with Crippen LogP contribution in [0.3, 0.4) is 0 Å². The first-order valence-corrected chi connectivity index (χ1v) is 13.8. The Morgan fingerprint density at radius 3 is 2.51 bits per heavy atom. The quantitative estimate of drug-likeness (QED) is 0.304. The monoisotopic (exact) mass is 476 g/mol. The molecule has 0 saturated carbocycles. The number of carbonyl (C=O) groups excluding carboxylic acids is 3. The first-order chi connectivity index (χ1) is 16.7.